The van der Waals surface area contributed by atoms with E-state index in [0.717, 1.165) is 24.6 Å². The summed E-state index contributed by atoms with van der Waals surface area (Å²) >= 11 is 0. The van der Waals surface area contributed by atoms with Gasteiger partial charge in [0.05, 0.1) is 4.92 Å². The van der Waals surface area contributed by atoms with Crippen LogP contribution in [0, 0.1) is 16.0 Å². The van der Waals surface area contributed by atoms with Gasteiger partial charge in [-0.05, 0) is 45.2 Å². The normalized spacial score (nSPS) is 20.1. The van der Waals surface area contributed by atoms with Crippen LogP contribution in [-0.2, 0) is 6.42 Å². The fourth-order valence-corrected chi connectivity index (χ4v) is 3.11. The van der Waals surface area contributed by atoms with E-state index in [1.165, 1.54) is 12.8 Å². The lowest BCUT2D eigenvalue weighted by Gasteiger charge is -2.44. The molecule has 1 atom stereocenters. The predicted molar refractivity (Wildman–Crippen MR) is 84.2 cm³/mol. The summed E-state index contributed by atoms with van der Waals surface area (Å²) in [4.78, 5) is 13.3. The van der Waals surface area contributed by atoms with Crippen molar-refractivity contribution < 1.29 is 4.92 Å². The zero-order valence-corrected chi connectivity index (χ0v) is 12.9. The monoisotopic (exact) mass is 291 g/mol. The van der Waals surface area contributed by atoms with E-state index in [9.17, 15) is 10.1 Å². The first-order valence-corrected chi connectivity index (χ1v) is 7.63. The molecule has 1 aromatic rings. The third-order valence-corrected chi connectivity index (χ3v) is 4.75. The fraction of sp³-hybridized carbons (Fsp3) is 0.625. The Morgan fingerprint density at radius 1 is 1.38 bits per heavy atom. The zero-order chi connectivity index (χ0) is 15.5. The first-order valence-electron chi connectivity index (χ1n) is 7.63. The summed E-state index contributed by atoms with van der Waals surface area (Å²) in [6.07, 6.45) is 2.97. The molecule has 0 amide bonds. The third kappa shape index (κ3) is 3.60. The zero-order valence-electron chi connectivity index (χ0n) is 12.9. The van der Waals surface area contributed by atoms with Crippen LogP contribution in [-0.4, -0.2) is 35.0 Å². The van der Waals surface area contributed by atoms with E-state index in [-0.39, 0.29) is 16.1 Å². The van der Waals surface area contributed by atoms with Gasteiger partial charge >= 0.3 is 0 Å². The second-order valence-electron chi connectivity index (χ2n) is 6.43. The smallest absolute Gasteiger partial charge is 0.272 e. The predicted octanol–water partition coefficient (Wildman–Crippen LogP) is 2.59. The number of benzene rings is 1. The Morgan fingerprint density at radius 2 is 2.00 bits per heavy atom. The number of hydrogen-bond donors (Lipinski definition) is 1. The maximum absolute atomic E-state index is 11.2. The number of nitrogens with two attached hydrogens (primary N) is 1. The van der Waals surface area contributed by atoms with Gasteiger partial charge in [0.1, 0.15) is 0 Å². The first-order chi connectivity index (χ1) is 9.96. The minimum atomic E-state index is -0.301. The highest BCUT2D eigenvalue weighted by Crippen LogP contribution is 2.29. The van der Waals surface area contributed by atoms with Crippen molar-refractivity contribution in [2.45, 2.75) is 38.6 Å². The molecule has 1 aliphatic rings. The van der Waals surface area contributed by atoms with Crippen LogP contribution in [0.15, 0.2) is 24.3 Å². The van der Waals surface area contributed by atoms with E-state index in [1.807, 2.05) is 12.1 Å². The summed E-state index contributed by atoms with van der Waals surface area (Å²) in [5, 5.41) is 11.2. The highest BCUT2D eigenvalue weighted by molar-refractivity contribution is 5.41. The largest absolute Gasteiger partial charge is 0.329 e. The lowest BCUT2D eigenvalue weighted by atomic mass is 9.87. The van der Waals surface area contributed by atoms with Gasteiger partial charge in [-0.2, -0.15) is 0 Å². The summed E-state index contributed by atoms with van der Waals surface area (Å²) in [5.74, 6) is 0.759. The molecule has 21 heavy (non-hydrogen) atoms. The molecule has 2 N–H and O–H groups in total. The lowest BCUT2D eigenvalue weighted by Crippen LogP contribution is -2.55. The second-order valence-corrected chi connectivity index (χ2v) is 6.43. The van der Waals surface area contributed by atoms with Crippen LogP contribution < -0.4 is 5.73 Å². The van der Waals surface area contributed by atoms with Crippen LogP contribution >= 0.6 is 0 Å². The Bertz CT molecular complexity index is 498. The van der Waals surface area contributed by atoms with Gasteiger partial charge < -0.3 is 5.73 Å². The molecule has 1 fully saturated rings. The third-order valence-electron chi connectivity index (χ3n) is 4.75. The van der Waals surface area contributed by atoms with Gasteiger partial charge in [-0.3, -0.25) is 15.0 Å². The molecule has 2 rings (SSSR count). The number of nitro benzene ring substituents is 1. The van der Waals surface area contributed by atoms with Crippen molar-refractivity contribution in [1.82, 2.24) is 4.90 Å². The van der Waals surface area contributed by atoms with E-state index >= 15 is 0 Å². The van der Waals surface area contributed by atoms with Crippen molar-refractivity contribution in [2.75, 3.05) is 19.6 Å². The fourth-order valence-electron chi connectivity index (χ4n) is 3.11. The highest BCUT2D eigenvalue weighted by atomic mass is 16.6. The number of nitrogens with zero attached hydrogens (tertiary/aromatic N) is 2. The molecule has 0 bridgehead atoms. The Morgan fingerprint density at radius 3 is 2.57 bits per heavy atom. The van der Waals surface area contributed by atoms with Gasteiger partial charge in [0.15, 0.2) is 0 Å². The van der Waals surface area contributed by atoms with Gasteiger partial charge in [0.25, 0.3) is 5.69 Å². The Hall–Kier alpha value is -1.46. The number of likely N-dealkylation sites (tertiary alicyclic amines) is 1. The molecule has 0 saturated carbocycles. The number of piperidine rings is 1. The Kier molecular flexibility index (Phi) is 4.96. The summed E-state index contributed by atoms with van der Waals surface area (Å²) in [7, 11) is 0. The minimum absolute atomic E-state index is 0.197. The average molecular weight is 291 g/mol. The van der Waals surface area contributed by atoms with Gasteiger partial charge in [-0.15, -0.1) is 0 Å². The van der Waals surface area contributed by atoms with Crippen LogP contribution in [0.2, 0.25) is 0 Å². The molecule has 0 spiro atoms. The van der Waals surface area contributed by atoms with Gasteiger partial charge in [0, 0.05) is 23.7 Å². The molecule has 0 aromatic heterocycles. The molecule has 0 aliphatic carbocycles. The average Bonchev–Trinajstić information content (AvgIpc) is 2.48. The van der Waals surface area contributed by atoms with Crippen LogP contribution in [0.4, 0.5) is 5.69 Å². The van der Waals surface area contributed by atoms with Gasteiger partial charge in [-0.25, -0.2) is 0 Å². The molecule has 1 aromatic carbocycles. The molecule has 5 nitrogen and oxygen atoms in total. The van der Waals surface area contributed by atoms with Crippen LogP contribution in [0.3, 0.4) is 0 Å². The molecule has 1 unspecified atom stereocenters. The van der Waals surface area contributed by atoms with Gasteiger partial charge in [0.2, 0.25) is 0 Å². The molecule has 1 heterocycles. The molecule has 1 aliphatic heterocycles. The Labute approximate surface area is 126 Å². The number of rotatable bonds is 5. The van der Waals surface area contributed by atoms with Crippen LogP contribution in [0.1, 0.15) is 32.3 Å². The van der Waals surface area contributed by atoms with Crippen molar-refractivity contribution in [3.63, 3.8) is 0 Å². The maximum atomic E-state index is 11.2. The van der Waals surface area contributed by atoms with Crippen LogP contribution in [0.25, 0.3) is 0 Å². The van der Waals surface area contributed by atoms with Crippen molar-refractivity contribution in [3.8, 4) is 0 Å². The molecule has 5 heteroatoms. The molecule has 0 radical (unpaired) electrons. The Balaban J connectivity index is 2.20. The van der Waals surface area contributed by atoms with Gasteiger partial charge in [-0.1, -0.05) is 25.1 Å². The molecular formula is C16H25N3O2. The highest BCUT2D eigenvalue weighted by Gasteiger charge is 2.34. The van der Waals surface area contributed by atoms with E-state index in [4.69, 9.17) is 5.73 Å². The minimum Gasteiger partial charge on any atom is -0.329 e. The summed E-state index contributed by atoms with van der Waals surface area (Å²) in [6, 6.07) is 6.99. The topological polar surface area (TPSA) is 72.4 Å². The van der Waals surface area contributed by atoms with Crippen LogP contribution in [0.5, 0.6) is 0 Å². The molecule has 1 saturated heterocycles. The van der Waals surface area contributed by atoms with E-state index in [2.05, 4.69) is 18.7 Å². The SMILES string of the molecule is CC1CCN(C(C)(CN)Cc2ccccc2[N+](=O)[O-])CC1. The van der Waals surface area contributed by atoms with Crippen molar-refractivity contribution in [1.29, 1.82) is 0 Å². The van der Waals surface area contributed by atoms with E-state index in [1.54, 1.807) is 12.1 Å². The van der Waals surface area contributed by atoms with Crippen molar-refractivity contribution >= 4 is 5.69 Å². The maximum Gasteiger partial charge on any atom is 0.272 e. The quantitative estimate of drug-likeness (QED) is 0.668. The van der Waals surface area contributed by atoms with Crippen molar-refractivity contribution in [3.05, 3.63) is 39.9 Å². The summed E-state index contributed by atoms with van der Waals surface area (Å²) in [6.45, 7) is 6.96. The lowest BCUT2D eigenvalue weighted by molar-refractivity contribution is -0.385. The standard InChI is InChI=1S/C16H25N3O2/c1-13-7-9-18(10-8-13)16(2,12-17)11-14-5-3-4-6-15(14)19(20)21/h3-6,13H,7-12,17H2,1-2H3. The molecule has 116 valence electrons. The first kappa shape index (κ1) is 15.9. The summed E-state index contributed by atoms with van der Waals surface area (Å²) < 4.78 is 0. The summed E-state index contributed by atoms with van der Waals surface area (Å²) in [5.41, 5.74) is 6.79. The van der Waals surface area contributed by atoms with Crippen molar-refractivity contribution in [2.24, 2.45) is 11.7 Å². The number of para-hydroxylation sites is 1. The second kappa shape index (κ2) is 6.54. The molecular weight excluding hydrogens is 266 g/mol. The van der Waals surface area contributed by atoms with E-state index in [0.29, 0.717) is 13.0 Å². The number of nitro groups is 1. The number of hydrogen-bond acceptors (Lipinski definition) is 4. The van der Waals surface area contributed by atoms with E-state index < -0.39 is 0 Å².